The van der Waals surface area contributed by atoms with Gasteiger partial charge in [0, 0.05) is 7.05 Å². The third-order valence-electron chi connectivity index (χ3n) is 2.65. The largest absolute Gasteiger partial charge is 0.316 e. The molecule has 13 heavy (non-hydrogen) atoms. The van der Waals surface area contributed by atoms with E-state index in [1.54, 1.807) is 0 Å². The van der Waals surface area contributed by atoms with Crippen molar-refractivity contribution < 1.29 is 0 Å². The van der Waals surface area contributed by atoms with Crippen LogP contribution in [-0.2, 0) is 13.5 Å². The van der Waals surface area contributed by atoms with Gasteiger partial charge in [-0.2, -0.15) is 5.10 Å². The molecule has 1 fully saturated rings. The van der Waals surface area contributed by atoms with Crippen molar-refractivity contribution >= 4 is 15.9 Å². The van der Waals surface area contributed by atoms with Gasteiger partial charge in [0.05, 0.1) is 16.4 Å². The fourth-order valence-corrected chi connectivity index (χ4v) is 2.34. The molecule has 0 saturated carbocycles. The second kappa shape index (κ2) is 3.80. The lowest BCUT2D eigenvalue weighted by atomic mass is 10.0. The van der Waals surface area contributed by atoms with Crippen molar-refractivity contribution in [3.05, 3.63) is 16.4 Å². The van der Waals surface area contributed by atoms with E-state index in [2.05, 4.69) is 26.3 Å². The number of aryl methyl sites for hydroxylation is 1. The first-order chi connectivity index (χ1) is 6.27. The Morgan fingerprint density at radius 2 is 2.62 bits per heavy atom. The van der Waals surface area contributed by atoms with Gasteiger partial charge in [-0.15, -0.1) is 0 Å². The zero-order valence-electron chi connectivity index (χ0n) is 7.76. The molecule has 1 N–H and O–H groups in total. The van der Waals surface area contributed by atoms with E-state index in [1.165, 1.54) is 18.7 Å². The molecular weight excluding hydrogens is 230 g/mol. The third-order valence-corrected chi connectivity index (χ3v) is 3.32. The van der Waals surface area contributed by atoms with E-state index in [4.69, 9.17) is 0 Å². The molecule has 0 spiro atoms. The summed E-state index contributed by atoms with van der Waals surface area (Å²) in [7, 11) is 2.00. The SMILES string of the molecule is Cn1ncc(Br)c1CC1CCNC1. The van der Waals surface area contributed by atoms with Crippen LogP contribution in [0.5, 0.6) is 0 Å². The fourth-order valence-electron chi connectivity index (χ4n) is 1.83. The Bertz CT molecular complexity index is 270. The normalized spacial score (nSPS) is 22.5. The van der Waals surface area contributed by atoms with Crippen LogP contribution >= 0.6 is 15.9 Å². The summed E-state index contributed by atoms with van der Waals surface area (Å²) in [5.74, 6) is 0.784. The summed E-state index contributed by atoms with van der Waals surface area (Å²) < 4.78 is 3.10. The fraction of sp³-hybridized carbons (Fsp3) is 0.667. The van der Waals surface area contributed by atoms with E-state index in [0.717, 1.165) is 23.4 Å². The molecule has 0 aromatic carbocycles. The average Bonchev–Trinajstić information content (AvgIpc) is 2.70. The standard InChI is InChI=1S/C9H14BrN3/c1-13-9(8(10)6-12-13)4-7-2-3-11-5-7/h6-7,11H,2-5H2,1H3. The highest BCUT2D eigenvalue weighted by Crippen LogP contribution is 2.21. The van der Waals surface area contributed by atoms with Crippen molar-refractivity contribution in [2.45, 2.75) is 12.8 Å². The molecule has 0 bridgehead atoms. The van der Waals surface area contributed by atoms with Gasteiger partial charge in [0.2, 0.25) is 0 Å². The maximum Gasteiger partial charge on any atom is 0.0635 e. The molecule has 1 aromatic rings. The van der Waals surface area contributed by atoms with Crippen molar-refractivity contribution in [1.82, 2.24) is 15.1 Å². The first-order valence-corrected chi connectivity index (χ1v) is 5.44. The van der Waals surface area contributed by atoms with Gasteiger partial charge >= 0.3 is 0 Å². The molecule has 1 aliphatic heterocycles. The summed E-state index contributed by atoms with van der Waals surface area (Å²) >= 11 is 3.52. The molecule has 0 amide bonds. The molecular formula is C9H14BrN3. The van der Waals surface area contributed by atoms with E-state index in [-0.39, 0.29) is 0 Å². The summed E-state index contributed by atoms with van der Waals surface area (Å²) in [5, 5.41) is 7.59. The van der Waals surface area contributed by atoms with Crippen LogP contribution in [0.15, 0.2) is 10.7 Å². The van der Waals surface area contributed by atoms with Crippen molar-refractivity contribution in [3.63, 3.8) is 0 Å². The molecule has 0 radical (unpaired) electrons. The van der Waals surface area contributed by atoms with Gasteiger partial charge in [0.25, 0.3) is 0 Å². The number of hydrogen-bond acceptors (Lipinski definition) is 2. The first kappa shape index (κ1) is 9.21. The maximum absolute atomic E-state index is 4.21. The van der Waals surface area contributed by atoms with Crippen molar-refractivity contribution in [1.29, 1.82) is 0 Å². The lowest BCUT2D eigenvalue weighted by molar-refractivity contribution is 0.547. The Morgan fingerprint density at radius 1 is 1.77 bits per heavy atom. The minimum absolute atomic E-state index is 0.784. The minimum atomic E-state index is 0.784. The van der Waals surface area contributed by atoms with Crippen molar-refractivity contribution in [3.8, 4) is 0 Å². The molecule has 72 valence electrons. The molecule has 2 rings (SSSR count). The highest BCUT2D eigenvalue weighted by atomic mass is 79.9. The van der Waals surface area contributed by atoms with Crippen LogP contribution in [0.2, 0.25) is 0 Å². The first-order valence-electron chi connectivity index (χ1n) is 4.64. The smallest absolute Gasteiger partial charge is 0.0635 e. The Hall–Kier alpha value is -0.350. The summed E-state index contributed by atoms with van der Waals surface area (Å²) in [6.07, 6.45) is 4.29. The number of nitrogens with one attached hydrogen (secondary N) is 1. The molecule has 1 unspecified atom stereocenters. The third kappa shape index (κ3) is 1.94. The Morgan fingerprint density at radius 3 is 3.15 bits per heavy atom. The molecule has 1 aromatic heterocycles. The Kier molecular flexibility index (Phi) is 2.69. The van der Waals surface area contributed by atoms with Gasteiger partial charge in [-0.1, -0.05) is 0 Å². The van der Waals surface area contributed by atoms with Crippen LogP contribution in [0.25, 0.3) is 0 Å². The van der Waals surface area contributed by atoms with Crippen LogP contribution in [0.3, 0.4) is 0 Å². The predicted octanol–water partition coefficient (Wildman–Crippen LogP) is 1.33. The van der Waals surface area contributed by atoms with E-state index < -0.39 is 0 Å². The average molecular weight is 244 g/mol. The number of halogens is 1. The number of rotatable bonds is 2. The van der Waals surface area contributed by atoms with E-state index in [9.17, 15) is 0 Å². The van der Waals surface area contributed by atoms with Crippen LogP contribution in [0.4, 0.5) is 0 Å². The highest BCUT2D eigenvalue weighted by molar-refractivity contribution is 9.10. The van der Waals surface area contributed by atoms with Gasteiger partial charge in [-0.25, -0.2) is 0 Å². The van der Waals surface area contributed by atoms with Gasteiger partial charge in [-0.05, 0) is 47.8 Å². The maximum atomic E-state index is 4.21. The summed E-state index contributed by atoms with van der Waals surface area (Å²) in [4.78, 5) is 0. The highest BCUT2D eigenvalue weighted by Gasteiger charge is 2.17. The summed E-state index contributed by atoms with van der Waals surface area (Å²) in [6, 6.07) is 0. The molecule has 4 heteroatoms. The quantitative estimate of drug-likeness (QED) is 0.850. The molecule has 1 saturated heterocycles. The van der Waals surface area contributed by atoms with Crippen molar-refractivity contribution in [2.75, 3.05) is 13.1 Å². The molecule has 1 aliphatic rings. The van der Waals surface area contributed by atoms with Crippen LogP contribution in [0.1, 0.15) is 12.1 Å². The lowest BCUT2D eigenvalue weighted by Gasteiger charge is -2.08. The molecule has 0 aliphatic carbocycles. The van der Waals surface area contributed by atoms with Crippen LogP contribution < -0.4 is 5.32 Å². The Labute approximate surface area is 86.6 Å². The monoisotopic (exact) mass is 243 g/mol. The number of aromatic nitrogens is 2. The van der Waals surface area contributed by atoms with Crippen LogP contribution in [-0.4, -0.2) is 22.9 Å². The number of hydrogen-bond donors (Lipinski definition) is 1. The molecule has 1 atom stereocenters. The second-order valence-corrected chi connectivity index (χ2v) is 4.48. The minimum Gasteiger partial charge on any atom is -0.316 e. The van der Waals surface area contributed by atoms with Gasteiger partial charge in [0.1, 0.15) is 0 Å². The molecule has 3 nitrogen and oxygen atoms in total. The lowest BCUT2D eigenvalue weighted by Crippen LogP contribution is -2.12. The topological polar surface area (TPSA) is 29.9 Å². The predicted molar refractivity (Wildman–Crippen MR) is 55.6 cm³/mol. The molecule has 2 heterocycles. The van der Waals surface area contributed by atoms with E-state index in [0.29, 0.717) is 0 Å². The Balaban J connectivity index is 2.07. The zero-order valence-corrected chi connectivity index (χ0v) is 9.34. The second-order valence-electron chi connectivity index (χ2n) is 3.63. The van der Waals surface area contributed by atoms with E-state index in [1.807, 2.05) is 17.9 Å². The number of nitrogens with zero attached hydrogens (tertiary/aromatic N) is 2. The van der Waals surface area contributed by atoms with E-state index >= 15 is 0 Å². The van der Waals surface area contributed by atoms with Crippen LogP contribution in [0, 0.1) is 5.92 Å². The van der Waals surface area contributed by atoms with Gasteiger partial charge in [0.15, 0.2) is 0 Å². The summed E-state index contributed by atoms with van der Waals surface area (Å²) in [5.41, 5.74) is 1.31. The van der Waals surface area contributed by atoms with Gasteiger partial charge in [-0.3, -0.25) is 4.68 Å². The zero-order chi connectivity index (χ0) is 9.26. The van der Waals surface area contributed by atoms with Crippen molar-refractivity contribution in [2.24, 2.45) is 13.0 Å². The van der Waals surface area contributed by atoms with Gasteiger partial charge < -0.3 is 5.32 Å². The summed E-state index contributed by atoms with van der Waals surface area (Å²) in [6.45, 7) is 2.32.